The van der Waals surface area contributed by atoms with E-state index in [0.717, 1.165) is 23.7 Å². The van der Waals surface area contributed by atoms with Crippen LogP contribution in [0.4, 0.5) is 0 Å². The molecule has 5 aliphatic carbocycles. The van der Waals surface area contributed by atoms with Crippen LogP contribution in [0.3, 0.4) is 0 Å². The van der Waals surface area contributed by atoms with Crippen LogP contribution in [0, 0.1) is 23.7 Å². The Balaban J connectivity index is 1.02. The van der Waals surface area contributed by atoms with Crippen LogP contribution in [0.1, 0.15) is 69.6 Å². The Morgan fingerprint density at radius 3 is 1.63 bits per heavy atom. The Kier molecular flexibility index (Phi) is 7.15. The van der Waals surface area contributed by atoms with Crippen molar-refractivity contribution in [2.75, 3.05) is 0 Å². The molecule has 0 unspecified atom stereocenters. The number of hydrogen-bond acceptors (Lipinski definition) is 0. The standard InChI is InChI=1S/C56H49N/c1-55(2,3)43-19-25-54-50(34-43)49-32-41(18-24-53(49)57(54)46-20-14-39(15-21-46)37-10-6-4-7-11-37)40-17-23-51-48(31-40)47-22-16-42(38-12-8-5-9-13-38)33-52(47)56(51)44-27-35-26-36(29-44)30-45(56)28-35/h4-25,31-36,44-45H,26-30H2,1-3H3. The zero-order valence-electron chi connectivity index (χ0n) is 33.3. The van der Waals surface area contributed by atoms with Gasteiger partial charge in [-0.3, -0.25) is 0 Å². The number of benzene rings is 7. The lowest BCUT2D eigenvalue weighted by Crippen LogP contribution is -2.55. The minimum Gasteiger partial charge on any atom is -0.309 e. The number of fused-ring (bicyclic) bond motifs is 6. The molecule has 1 heteroatoms. The Morgan fingerprint density at radius 1 is 0.439 bits per heavy atom. The van der Waals surface area contributed by atoms with Gasteiger partial charge in [0.25, 0.3) is 0 Å². The Morgan fingerprint density at radius 2 is 0.965 bits per heavy atom. The summed E-state index contributed by atoms with van der Waals surface area (Å²) in [7, 11) is 0. The molecular formula is C56H49N. The predicted molar refractivity (Wildman–Crippen MR) is 239 cm³/mol. The lowest BCUT2D eigenvalue weighted by molar-refractivity contribution is -0.0399. The van der Waals surface area contributed by atoms with E-state index in [1.54, 1.807) is 11.1 Å². The molecule has 4 fully saturated rings. The highest BCUT2D eigenvalue weighted by Crippen LogP contribution is 2.69. The first-order chi connectivity index (χ1) is 27.8. The summed E-state index contributed by atoms with van der Waals surface area (Å²) in [5, 5.41) is 2.63. The van der Waals surface area contributed by atoms with Crippen LogP contribution in [-0.4, -0.2) is 4.57 Å². The molecule has 0 amide bonds. The van der Waals surface area contributed by atoms with E-state index in [0.29, 0.717) is 0 Å². The molecule has 1 aromatic heterocycles. The summed E-state index contributed by atoms with van der Waals surface area (Å²) < 4.78 is 2.47. The molecule has 4 saturated carbocycles. The summed E-state index contributed by atoms with van der Waals surface area (Å²) in [6.45, 7) is 6.97. The molecule has 57 heavy (non-hydrogen) atoms. The van der Waals surface area contributed by atoms with Gasteiger partial charge in [-0.05, 0) is 171 Å². The van der Waals surface area contributed by atoms with E-state index in [9.17, 15) is 0 Å². The molecule has 0 atom stereocenters. The predicted octanol–water partition coefficient (Wildman–Crippen LogP) is 14.8. The summed E-state index contributed by atoms with van der Waals surface area (Å²) in [6.07, 6.45) is 7.07. The fourth-order valence-corrected chi connectivity index (χ4v) is 12.6. The summed E-state index contributed by atoms with van der Waals surface area (Å²) >= 11 is 0. The smallest absolute Gasteiger partial charge is 0.0541 e. The minimum atomic E-state index is 0.0548. The Bertz CT molecular complexity index is 2840. The van der Waals surface area contributed by atoms with Crippen molar-refractivity contribution in [3.63, 3.8) is 0 Å². The topological polar surface area (TPSA) is 4.93 Å². The van der Waals surface area contributed by atoms with Gasteiger partial charge in [0.1, 0.15) is 0 Å². The molecule has 0 aliphatic heterocycles. The number of rotatable bonds is 4. The number of nitrogens with zero attached hydrogens (tertiary/aromatic N) is 1. The quantitative estimate of drug-likeness (QED) is 0.170. The fraction of sp³-hybridized carbons (Fsp3) is 0.250. The first-order valence-corrected chi connectivity index (χ1v) is 21.4. The summed E-state index contributed by atoms with van der Waals surface area (Å²) in [5.74, 6) is 3.34. The van der Waals surface area contributed by atoms with Crippen molar-refractivity contribution in [2.24, 2.45) is 23.7 Å². The average Bonchev–Trinajstić information content (AvgIpc) is 3.72. The molecule has 278 valence electrons. The molecule has 1 heterocycles. The second-order valence-electron chi connectivity index (χ2n) is 19.0. The third kappa shape index (κ3) is 4.94. The molecule has 4 bridgehead atoms. The van der Waals surface area contributed by atoms with Gasteiger partial charge in [-0.25, -0.2) is 0 Å². The molecular weight excluding hydrogens is 687 g/mol. The van der Waals surface area contributed by atoms with Crippen molar-refractivity contribution in [3.05, 3.63) is 174 Å². The van der Waals surface area contributed by atoms with Gasteiger partial charge in [-0.15, -0.1) is 0 Å². The molecule has 5 aliphatic rings. The van der Waals surface area contributed by atoms with Gasteiger partial charge in [0.05, 0.1) is 11.0 Å². The zero-order chi connectivity index (χ0) is 38.0. The van der Waals surface area contributed by atoms with E-state index in [-0.39, 0.29) is 10.8 Å². The highest BCUT2D eigenvalue weighted by molar-refractivity contribution is 6.11. The van der Waals surface area contributed by atoms with Gasteiger partial charge in [0.2, 0.25) is 0 Å². The van der Waals surface area contributed by atoms with Gasteiger partial charge < -0.3 is 4.57 Å². The van der Waals surface area contributed by atoms with Crippen LogP contribution in [0.25, 0.3) is 72.0 Å². The van der Waals surface area contributed by atoms with Gasteiger partial charge in [-0.2, -0.15) is 0 Å². The molecule has 0 radical (unpaired) electrons. The second kappa shape index (κ2) is 12.2. The van der Waals surface area contributed by atoms with Gasteiger partial charge in [0.15, 0.2) is 0 Å². The maximum absolute atomic E-state index is 2.62. The first kappa shape index (κ1) is 33.5. The van der Waals surface area contributed by atoms with E-state index in [1.165, 1.54) is 110 Å². The van der Waals surface area contributed by atoms with Crippen molar-refractivity contribution < 1.29 is 0 Å². The van der Waals surface area contributed by atoms with E-state index in [4.69, 9.17) is 0 Å². The number of hydrogen-bond donors (Lipinski definition) is 0. The van der Waals surface area contributed by atoms with Crippen LogP contribution in [0.5, 0.6) is 0 Å². The fourth-order valence-electron chi connectivity index (χ4n) is 12.6. The van der Waals surface area contributed by atoms with Gasteiger partial charge >= 0.3 is 0 Å². The number of aromatic nitrogens is 1. The summed E-state index contributed by atoms with van der Waals surface area (Å²) in [5.41, 5.74) is 19.2. The third-order valence-electron chi connectivity index (χ3n) is 15.0. The highest BCUT2D eigenvalue weighted by Gasteiger charge is 2.61. The normalized spacial score (nSPS) is 23.1. The Hall–Kier alpha value is -5.66. The highest BCUT2D eigenvalue weighted by atomic mass is 15.0. The molecule has 8 aromatic rings. The van der Waals surface area contributed by atoms with E-state index >= 15 is 0 Å². The maximum atomic E-state index is 2.62. The maximum Gasteiger partial charge on any atom is 0.0541 e. The summed E-state index contributed by atoms with van der Waals surface area (Å²) in [4.78, 5) is 0. The van der Waals surface area contributed by atoms with Crippen molar-refractivity contribution in [3.8, 4) is 50.2 Å². The average molecular weight is 736 g/mol. The van der Waals surface area contributed by atoms with Crippen molar-refractivity contribution in [1.29, 1.82) is 0 Å². The van der Waals surface area contributed by atoms with Crippen LogP contribution in [-0.2, 0) is 10.8 Å². The molecule has 0 N–H and O–H groups in total. The van der Waals surface area contributed by atoms with Gasteiger partial charge in [0, 0.05) is 21.9 Å². The van der Waals surface area contributed by atoms with Crippen molar-refractivity contribution in [2.45, 2.75) is 63.7 Å². The SMILES string of the molecule is CC(C)(C)c1ccc2c(c1)c1cc(-c3ccc4c(c3)-c3ccc(-c5ccccc5)cc3C43C4CC5CC(C4)CC3C5)ccc1n2-c1ccc(-c2ccccc2)cc1. The monoisotopic (exact) mass is 735 g/mol. The lowest BCUT2D eigenvalue weighted by Gasteiger charge is -2.61. The largest absolute Gasteiger partial charge is 0.309 e. The Labute approximate surface area is 337 Å². The minimum absolute atomic E-state index is 0.0548. The first-order valence-electron chi connectivity index (χ1n) is 21.4. The second-order valence-corrected chi connectivity index (χ2v) is 19.0. The molecule has 7 aromatic carbocycles. The van der Waals surface area contributed by atoms with Crippen molar-refractivity contribution in [1.82, 2.24) is 4.57 Å². The lowest BCUT2D eigenvalue weighted by atomic mass is 9.43. The molecule has 0 saturated heterocycles. The van der Waals surface area contributed by atoms with E-state index in [1.807, 2.05) is 0 Å². The van der Waals surface area contributed by atoms with Crippen LogP contribution >= 0.6 is 0 Å². The van der Waals surface area contributed by atoms with Crippen molar-refractivity contribution >= 4 is 21.8 Å². The van der Waals surface area contributed by atoms with E-state index in [2.05, 4.69) is 183 Å². The third-order valence-corrected chi connectivity index (χ3v) is 15.0. The van der Waals surface area contributed by atoms with Crippen LogP contribution in [0.2, 0.25) is 0 Å². The zero-order valence-corrected chi connectivity index (χ0v) is 33.3. The van der Waals surface area contributed by atoms with Crippen LogP contribution < -0.4 is 0 Å². The molecule has 13 rings (SSSR count). The molecule has 1 nitrogen and oxygen atoms in total. The van der Waals surface area contributed by atoms with Gasteiger partial charge in [-0.1, -0.05) is 130 Å². The molecule has 1 spiro atoms. The van der Waals surface area contributed by atoms with Crippen LogP contribution in [0.15, 0.2) is 158 Å². The van der Waals surface area contributed by atoms with E-state index < -0.39 is 0 Å². The summed E-state index contributed by atoms with van der Waals surface area (Å²) in [6, 6.07) is 60.3.